The van der Waals surface area contributed by atoms with Gasteiger partial charge >= 0.3 is 0 Å². The minimum atomic E-state index is -3.61. The van der Waals surface area contributed by atoms with Crippen molar-refractivity contribution in [3.05, 3.63) is 47.3 Å². The highest BCUT2D eigenvalue weighted by Crippen LogP contribution is 2.32. The second-order valence-corrected chi connectivity index (χ2v) is 11.3. The van der Waals surface area contributed by atoms with Crippen LogP contribution in [0.1, 0.15) is 5.56 Å². The van der Waals surface area contributed by atoms with Crippen LogP contribution < -0.4 is 10.2 Å². The molecule has 2 saturated heterocycles. The number of ether oxygens (including phenoxy) is 1. The van der Waals surface area contributed by atoms with Gasteiger partial charge in [0, 0.05) is 31.9 Å². The number of anilines is 1. The van der Waals surface area contributed by atoms with E-state index in [1.165, 1.54) is 27.8 Å². The summed E-state index contributed by atoms with van der Waals surface area (Å²) in [7, 11) is -3.61. The van der Waals surface area contributed by atoms with Gasteiger partial charge in [0.1, 0.15) is 10.9 Å². The fraction of sp³-hybridized carbons (Fsp3) is 0.524. The Kier molecular flexibility index (Phi) is 7.32. The molecule has 4 rings (SSSR count). The molecule has 0 radical (unpaired) electrons. The van der Waals surface area contributed by atoms with Crippen LogP contribution in [-0.2, 0) is 20.4 Å². The van der Waals surface area contributed by atoms with Gasteiger partial charge in [-0.25, -0.2) is 21.6 Å². The number of halogens is 3. The highest BCUT2D eigenvalue weighted by atomic mass is 32.2. The summed E-state index contributed by atoms with van der Waals surface area (Å²) in [5, 5.41) is 15.1. The van der Waals surface area contributed by atoms with Crippen LogP contribution in [0, 0.1) is 0 Å². The number of nitrogens with one attached hydrogen (secondary N) is 1. The number of piperazine rings is 1. The summed E-state index contributed by atoms with van der Waals surface area (Å²) in [5.41, 5.74) is -2.38. The monoisotopic (exact) mass is 505 g/mol. The third-order valence-corrected chi connectivity index (χ3v) is 9.32. The summed E-state index contributed by atoms with van der Waals surface area (Å²) in [6.45, 7) is 0.975. The summed E-state index contributed by atoms with van der Waals surface area (Å²) in [4.78, 5) is 2.01. The first-order chi connectivity index (χ1) is 15.8. The second kappa shape index (κ2) is 9.88. The zero-order valence-electron chi connectivity index (χ0n) is 17.7. The van der Waals surface area contributed by atoms with Crippen LogP contribution in [0.5, 0.6) is 0 Å². The molecule has 1 aromatic heterocycles. The van der Waals surface area contributed by atoms with E-state index in [2.05, 4.69) is 5.32 Å². The summed E-state index contributed by atoms with van der Waals surface area (Å²) in [6, 6.07) is 8.95. The molecule has 2 aliphatic rings. The zero-order chi connectivity index (χ0) is 23.6. The first-order valence-corrected chi connectivity index (χ1v) is 12.9. The summed E-state index contributed by atoms with van der Waals surface area (Å²) >= 11 is 1.17. The molecule has 2 fully saturated rings. The van der Waals surface area contributed by atoms with E-state index >= 15 is 0 Å². The quantitative estimate of drug-likeness (QED) is 0.543. The molecule has 182 valence electrons. The van der Waals surface area contributed by atoms with Gasteiger partial charge < -0.3 is 20.1 Å². The normalized spacial score (nSPS) is 22.3. The van der Waals surface area contributed by atoms with E-state index in [0.29, 0.717) is 32.0 Å². The Labute approximate surface area is 194 Å². The minimum absolute atomic E-state index is 0.198. The van der Waals surface area contributed by atoms with E-state index in [4.69, 9.17) is 4.74 Å². The van der Waals surface area contributed by atoms with Gasteiger partial charge in [-0.05, 0) is 29.1 Å². The van der Waals surface area contributed by atoms with E-state index in [1.54, 1.807) is 29.6 Å². The number of thiophene rings is 1. The first-order valence-electron chi connectivity index (χ1n) is 10.5. The van der Waals surface area contributed by atoms with Crippen molar-refractivity contribution in [1.29, 1.82) is 0 Å². The van der Waals surface area contributed by atoms with Crippen molar-refractivity contribution in [2.45, 2.75) is 28.3 Å². The number of benzene rings is 1. The molecular weight excluding hydrogens is 479 g/mol. The Balaban J connectivity index is 1.55. The van der Waals surface area contributed by atoms with Crippen LogP contribution in [0.4, 0.5) is 18.9 Å². The molecule has 0 saturated carbocycles. The summed E-state index contributed by atoms with van der Waals surface area (Å²) < 4.78 is 72.6. The first kappa shape index (κ1) is 24.4. The maximum atomic E-state index is 13.2. The second-order valence-electron chi connectivity index (χ2n) is 8.19. The van der Waals surface area contributed by atoms with Crippen LogP contribution in [0.25, 0.3) is 0 Å². The maximum Gasteiger partial charge on any atom is 0.273 e. The van der Waals surface area contributed by atoms with Gasteiger partial charge in [0.15, 0.2) is 5.60 Å². The largest absolute Gasteiger partial charge is 0.378 e. The molecule has 2 atom stereocenters. The van der Waals surface area contributed by atoms with Gasteiger partial charge in [-0.15, -0.1) is 11.3 Å². The molecular formula is C21H26F3N3O4S2. The highest BCUT2D eigenvalue weighted by molar-refractivity contribution is 7.91. The molecule has 2 aliphatic heterocycles. The third kappa shape index (κ3) is 4.91. The van der Waals surface area contributed by atoms with Crippen molar-refractivity contribution < 1.29 is 31.4 Å². The number of hydrogen-bond donors (Lipinski definition) is 2. The molecule has 12 heteroatoms. The minimum Gasteiger partial charge on any atom is -0.378 e. The Morgan fingerprint density at radius 1 is 1.21 bits per heavy atom. The smallest absolute Gasteiger partial charge is 0.273 e. The lowest BCUT2D eigenvalue weighted by atomic mass is 9.95. The number of aliphatic hydroxyl groups is 1. The molecule has 1 aromatic carbocycles. The SMILES string of the molecule is O=S(=O)(c1cccs1)N1CCN(c2ccc(C(O)(CF)C(F)F)cc2)[C@@H](CNC2COC2)C1. The van der Waals surface area contributed by atoms with Gasteiger partial charge in [-0.1, -0.05) is 18.2 Å². The highest BCUT2D eigenvalue weighted by Gasteiger charge is 2.40. The molecule has 2 N–H and O–H groups in total. The Morgan fingerprint density at radius 3 is 2.48 bits per heavy atom. The fourth-order valence-electron chi connectivity index (χ4n) is 3.96. The van der Waals surface area contributed by atoms with Crippen molar-refractivity contribution in [2.75, 3.05) is 51.0 Å². The average Bonchev–Trinajstić information content (AvgIpc) is 3.33. The van der Waals surface area contributed by atoms with Crippen molar-refractivity contribution in [1.82, 2.24) is 9.62 Å². The third-order valence-electron chi connectivity index (χ3n) is 6.08. The Morgan fingerprint density at radius 2 is 1.94 bits per heavy atom. The van der Waals surface area contributed by atoms with Crippen LogP contribution in [0.3, 0.4) is 0 Å². The summed E-state index contributed by atoms with van der Waals surface area (Å²) in [5.74, 6) is 0. The molecule has 0 bridgehead atoms. The topological polar surface area (TPSA) is 82.1 Å². The van der Waals surface area contributed by atoms with Gasteiger partial charge in [-0.3, -0.25) is 0 Å². The molecule has 2 aromatic rings. The predicted molar refractivity (Wildman–Crippen MR) is 119 cm³/mol. The number of alkyl halides is 3. The van der Waals surface area contributed by atoms with Crippen LogP contribution in [0.2, 0.25) is 0 Å². The van der Waals surface area contributed by atoms with Gasteiger partial charge in [0.25, 0.3) is 16.4 Å². The fourth-order valence-corrected chi connectivity index (χ4v) is 6.57. The van der Waals surface area contributed by atoms with Crippen molar-refractivity contribution in [3.8, 4) is 0 Å². The molecule has 1 unspecified atom stereocenters. The van der Waals surface area contributed by atoms with E-state index in [0.717, 1.165) is 0 Å². The van der Waals surface area contributed by atoms with E-state index in [1.807, 2.05) is 4.90 Å². The number of nitrogens with zero attached hydrogens (tertiary/aromatic N) is 2. The number of rotatable bonds is 9. The Bertz CT molecular complexity index is 1020. The van der Waals surface area contributed by atoms with E-state index < -0.39 is 28.7 Å². The van der Waals surface area contributed by atoms with E-state index in [-0.39, 0.29) is 34.9 Å². The van der Waals surface area contributed by atoms with Crippen LogP contribution in [0.15, 0.2) is 46.0 Å². The lowest BCUT2D eigenvalue weighted by Crippen LogP contribution is -2.60. The van der Waals surface area contributed by atoms with Crippen molar-refractivity contribution in [2.24, 2.45) is 0 Å². The predicted octanol–water partition coefficient (Wildman–Crippen LogP) is 2.04. The standard InChI is InChI=1S/C21H26F3N3O4S2/c22-14-21(28,20(23)24)15-3-5-17(6-4-15)27-8-7-26(33(29,30)19-2-1-9-32-19)11-18(27)10-25-16-12-31-13-16/h1-6,9,16,18,20,25,28H,7-8,10-14H2/t18-,21?/m0/s1. The van der Waals surface area contributed by atoms with Crippen molar-refractivity contribution >= 4 is 27.0 Å². The van der Waals surface area contributed by atoms with Crippen LogP contribution >= 0.6 is 11.3 Å². The van der Waals surface area contributed by atoms with Gasteiger partial charge in [0.05, 0.1) is 25.3 Å². The maximum absolute atomic E-state index is 13.2. The molecule has 7 nitrogen and oxygen atoms in total. The molecule has 33 heavy (non-hydrogen) atoms. The van der Waals surface area contributed by atoms with Crippen molar-refractivity contribution in [3.63, 3.8) is 0 Å². The van der Waals surface area contributed by atoms with Crippen LogP contribution in [-0.4, -0.2) is 82.4 Å². The number of sulfonamides is 1. The molecule has 3 heterocycles. The van der Waals surface area contributed by atoms with Gasteiger partial charge in [0.2, 0.25) is 0 Å². The number of hydrogen-bond acceptors (Lipinski definition) is 7. The summed E-state index contributed by atoms with van der Waals surface area (Å²) in [6.07, 6.45) is -3.26. The zero-order valence-corrected chi connectivity index (χ0v) is 19.4. The van der Waals surface area contributed by atoms with E-state index in [9.17, 15) is 26.7 Å². The lowest BCUT2D eigenvalue weighted by Gasteiger charge is -2.43. The molecule has 0 amide bonds. The van der Waals surface area contributed by atoms with Gasteiger partial charge in [-0.2, -0.15) is 4.31 Å². The molecule has 0 aliphatic carbocycles. The molecule has 0 spiro atoms. The Hall–Kier alpha value is -1.70. The lowest BCUT2D eigenvalue weighted by molar-refractivity contribution is -0.114. The average molecular weight is 506 g/mol.